The van der Waals surface area contributed by atoms with Gasteiger partial charge in [-0.3, -0.25) is 10.1 Å². The van der Waals surface area contributed by atoms with Crippen molar-refractivity contribution in [3.05, 3.63) is 63.7 Å². The predicted octanol–water partition coefficient (Wildman–Crippen LogP) is 3.92. The van der Waals surface area contributed by atoms with Crippen LogP contribution in [0.5, 0.6) is 0 Å². The lowest BCUT2D eigenvalue weighted by molar-refractivity contribution is -0.384. The van der Waals surface area contributed by atoms with Gasteiger partial charge in [0.05, 0.1) is 4.92 Å². The summed E-state index contributed by atoms with van der Waals surface area (Å²) >= 11 is 6.02. The lowest BCUT2D eigenvalue weighted by Gasteiger charge is -2.03. The first-order chi connectivity index (χ1) is 7.68. The first kappa shape index (κ1) is 10.6. The van der Waals surface area contributed by atoms with E-state index in [-0.39, 0.29) is 5.69 Å². The molecule has 0 saturated heterocycles. The number of nitro groups is 1. The third-order valence-corrected chi connectivity index (χ3v) is 2.57. The number of non-ortho nitro benzene ring substituents is 1. The van der Waals surface area contributed by atoms with Crippen LogP contribution in [0.1, 0.15) is 0 Å². The Balaban J connectivity index is 2.53. The number of hydrogen-bond acceptors (Lipinski definition) is 2. The number of rotatable bonds is 2. The van der Waals surface area contributed by atoms with E-state index < -0.39 is 4.92 Å². The summed E-state index contributed by atoms with van der Waals surface area (Å²) in [6, 6.07) is 13.7. The summed E-state index contributed by atoms with van der Waals surface area (Å²) in [5.41, 5.74) is 1.62. The molecule has 3 nitrogen and oxygen atoms in total. The van der Waals surface area contributed by atoms with E-state index in [0.29, 0.717) is 5.02 Å². The topological polar surface area (TPSA) is 43.1 Å². The van der Waals surface area contributed by atoms with Crippen molar-refractivity contribution in [1.82, 2.24) is 0 Å². The van der Waals surface area contributed by atoms with Crippen molar-refractivity contribution in [2.75, 3.05) is 0 Å². The van der Waals surface area contributed by atoms with Gasteiger partial charge in [0.15, 0.2) is 0 Å². The van der Waals surface area contributed by atoms with Gasteiger partial charge in [0.25, 0.3) is 5.69 Å². The standard InChI is InChI=1S/C12H8ClNO2/c13-12-7-2-1-6-11(12)9-4-3-5-10(8-9)14(15)16/h1-8H. The maximum absolute atomic E-state index is 10.6. The highest BCUT2D eigenvalue weighted by molar-refractivity contribution is 6.33. The van der Waals surface area contributed by atoms with Crippen molar-refractivity contribution < 1.29 is 4.92 Å². The molecule has 0 heterocycles. The van der Waals surface area contributed by atoms with Gasteiger partial charge >= 0.3 is 0 Å². The third-order valence-electron chi connectivity index (χ3n) is 2.24. The van der Waals surface area contributed by atoms with Crippen LogP contribution in [-0.2, 0) is 0 Å². The average Bonchev–Trinajstić information content (AvgIpc) is 2.30. The maximum atomic E-state index is 10.6. The fourth-order valence-corrected chi connectivity index (χ4v) is 1.73. The second-order valence-corrected chi connectivity index (χ2v) is 3.69. The Morgan fingerprint density at radius 1 is 1.06 bits per heavy atom. The first-order valence-electron chi connectivity index (χ1n) is 4.68. The van der Waals surface area contributed by atoms with Gasteiger partial charge in [0, 0.05) is 22.7 Å². The Kier molecular flexibility index (Phi) is 2.88. The highest BCUT2D eigenvalue weighted by Gasteiger charge is 2.08. The van der Waals surface area contributed by atoms with Crippen LogP contribution in [0.4, 0.5) is 5.69 Å². The summed E-state index contributed by atoms with van der Waals surface area (Å²) in [6.07, 6.45) is 0. The minimum atomic E-state index is -0.416. The van der Waals surface area contributed by atoms with Crippen molar-refractivity contribution in [3.8, 4) is 11.1 Å². The van der Waals surface area contributed by atoms with Crippen LogP contribution in [0, 0.1) is 10.1 Å². The lowest BCUT2D eigenvalue weighted by Crippen LogP contribution is -1.88. The molecule has 2 aromatic carbocycles. The van der Waals surface area contributed by atoms with Crippen LogP contribution in [-0.4, -0.2) is 4.92 Å². The summed E-state index contributed by atoms with van der Waals surface area (Å²) < 4.78 is 0. The second-order valence-electron chi connectivity index (χ2n) is 3.29. The Morgan fingerprint density at radius 3 is 2.50 bits per heavy atom. The van der Waals surface area contributed by atoms with E-state index in [0.717, 1.165) is 11.1 Å². The van der Waals surface area contributed by atoms with Gasteiger partial charge in [-0.05, 0) is 11.6 Å². The minimum Gasteiger partial charge on any atom is -0.258 e. The lowest BCUT2D eigenvalue weighted by atomic mass is 10.1. The van der Waals surface area contributed by atoms with E-state index in [1.54, 1.807) is 18.2 Å². The molecule has 0 aliphatic heterocycles. The summed E-state index contributed by atoms with van der Waals surface area (Å²) in [6.45, 7) is 0. The molecule has 0 N–H and O–H groups in total. The van der Waals surface area contributed by atoms with Crippen LogP contribution >= 0.6 is 11.6 Å². The Bertz CT molecular complexity index is 540. The Morgan fingerprint density at radius 2 is 1.81 bits per heavy atom. The van der Waals surface area contributed by atoms with Gasteiger partial charge in [-0.2, -0.15) is 0 Å². The smallest absolute Gasteiger partial charge is 0.258 e. The van der Waals surface area contributed by atoms with Crippen LogP contribution in [0.2, 0.25) is 5.02 Å². The summed E-state index contributed by atoms with van der Waals surface area (Å²) in [7, 11) is 0. The van der Waals surface area contributed by atoms with E-state index in [2.05, 4.69) is 0 Å². The third kappa shape index (κ3) is 2.04. The largest absolute Gasteiger partial charge is 0.270 e. The number of nitrogens with zero attached hydrogens (tertiary/aromatic N) is 1. The van der Waals surface area contributed by atoms with Gasteiger partial charge in [0.2, 0.25) is 0 Å². The second kappa shape index (κ2) is 4.33. The van der Waals surface area contributed by atoms with Crippen molar-refractivity contribution in [2.45, 2.75) is 0 Å². The number of hydrogen-bond donors (Lipinski definition) is 0. The molecule has 2 rings (SSSR count). The highest BCUT2D eigenvalue weighted by atomic mass is 35.5. The molecule has 0 aromatic heterocycles. The normalized spacial score (nSPS) is 10.1. The van der Waals surface area contributed by atoms with Crippen molar-refractivity contribution in [2.24, 2.45) is 0 Å². The molecule has 0 atom stereocenters. The summed E-state index contributed by atoms with van der Waals surface area (Å²) in [4.78, 5) is 10.2. The molecule has 80 valence electrons. The maximum Gasteiger partial charge on any atom is 0.270 e. The van der Waals surface area contributed by atoms with Crippen LogP contribution in [0.15, 0.2) is 48.5 Å². The fraction of sp³-hybridized carbons (Fsp3) is 0. The van der Waals surface area contributed by atoms with E-state index in [9.17, 15) is 10.1 Å². The predicted molar refractivity (Wildman–Crippen MR) is 63.5 cm³/mol. The van der Waals surface area contributed by atoms with Gasteiger partial charge in [-0.1, -0.05) is 41.9 Å². The molecule has 0 saturated carbocycles. The number of halogens is 1. The fourth-order valence-electron chi connectivity index (χ4n) is 1.48. The van der Waals surface area contributed by atoms with Gasteiger partial charge in [-0.25, -0.2) is 0 Å². The van der Waals surface area contributed by atoms with Crippen LogP contribution in [0.3, 0.4) is 0 Å². The number of nitro benzene ring substituents is 1. The van der Waals surface area contributed by atoms with Crippen molar-refractivity contribution in [1.29, 1.82) is 0 Å². The molecule has 0 aliphatic carbocycles. The van der Waals surface area contributed by atoms with Crippen molar-refractivity contribution >= 4 is 17.3 Å². The Hall–Kier alpha value is -1.87. The molecule has 0 fully saturated rings. The molecule has 0 radical (unpaired) electrons. The molecule has 16 heavy (non-hydrogen) atoms. The van der Waals surface area contributed by atoms with Crippen LogP contribution < -0.4 is 0 Å². The molecule has 0 bridgehead atoms. The van der Waals surface area contributed by atoms with Crippen molar-refractivity contribution in [3.63, 3.8) is 0 Å². The molecular weight excluding hydrogens is 226 g/mol. The summed E-state index contributed by atoms with van der Waals surface area (Å²) in [5.74, 6) is 0. The zero-order chi connectivity index (χ0) is 11.5. The number of benzene rings is 2. The SMILES string of the molecule is O=[N+]([O-])c1cccc(-c2ccccc2Cl)c1. The first-order valence-corrected chi connectivity index (χ1v) is 5.05. The summed E-state index contributed by atoms with van der Waals surface area (Å²) in [5, 5.41) is 11.2. The van der Waals surface area contributed by atoms with E-state index in [1.165, 1.54) is 12.1 Å². The van der Waals surface area contributed by atoms with E-state index in [4.69, 9.17) is 11.6 Å². The van der Waals surface area contributed by atoms with Crippen LogP contribution in [0.25, 0.3) is 11.1 Å². The minimum absolute atomic E-state index is 0.0671. The van der Waals surface area contributed by atoms with E-state index >= 15 is 0 Å². The quantitative estimate of drug-likeness (QED) is 0.583. The van der Waals surface area contributed by atoms with Gasteiger partial charge in [0.1, 0.15) is 0 Å². The molecule has 0 unspecified atom stereocenters. The Labute approximate surface area is 97.4 Å². The highest BCUT2D eigenvalue weighted by Crippen LogP contribution is 2.29. The molecule has 2 aromatic rings. The average molecular weight is 234 g/mol. The zero-order valence-corrected chi connectivity index (χ0v) is 9.02. The molecule has 4 heteroatoms. The monoisotopic (exact) mass is 233 g/mol. The zero-order valence-electron chi connectivity index (χ0n) is 8.26. The molecule has 0 amide bonds. The van der Waals surface area contributed by atoms with Gasteiger partial charge in [-0.15, -0.1) is 0 Å². The molecular formula is C12H8ClNO2. The van der Waals surface area contributed by atoms with Gasteiger partial charge < -0.3 is 0 Å². The molecule has 0 spiro atoms. The molecule has 0 aliphatic rings. The van der Waals surface area contributed by atoms with E-state index in [1.807, 2.05) is 18.2 Å².